The summed E-state index contributed by atoms with van der Waals surface area (Å²) in [5.41, 5.74) is 3.27. The van der Waals surface area contributed by atoms with Gasteiger partial charge in [-0.2, -0.15) is 0 Å². The number of aryl methyl sites for hydroxylation is 1. The number of hydrogen-bond donors (Lipinski definition) is 2. The highest BCUT2D eigenvalue weighted by Gasteiger charge is 2.04. The predicted octanol–water partition coefficient (Wildman–Crippen LogP) is 4.80. The minimum absolute atomic E-state index is 0.541. The molecule has 0 amide bonds. The molecule has 0 aliphatic rings. The second-order valence-electron chi connectivity index (χ2n) is 5.60. The summed E-state index contributed by atoms with van der Waals surface area (Å²) < 4.78 is 5.16. The summed E-state index contributed by atoms with van der Waals surface area (Å²) in [4.78, 5) is 8.49. The predicted molar refractivity (Wildman–Crippen MR) is 102 cm³/mol. The highest BCUT2D eigenvalue weighted by molar-refractivity contribution is 6.32. The first-order valence-electron chi connectivity index (χ1n) is 7.86. The topological polar surface area (TPSA) is 59.1 Å². The van der Waals surface area contributed by atoms with Crippen molar-refractivity contribution in [1.82, 2.24) is 9.97 Å². The number of rotatable bonds is 6. The van der Waals surface area contributed by atoms with Crippen LogP contribution in [-0.4, -0.2) is 17.1 Å². The molecule has 0 atom stereocenters. The van der Waals surface area contributed by atoms with Crippen LogP contribution < -0.4 is 15.4 Å². The van der Waals surface area contributed by atoms with E-state index in [1.807, 2.05) is 18.2 Å². The van der Waals surface area contributed by atoms with E-state index in [0.717, 1.165) is 11.5 Å². The van der Waals surface area contributed by atoms with E-state index < -0.39 is 0 Å². The largest absolute Gasteiger partial charge is 0.495 e. The number of hydrogen-bond acceptors (Lipinski definition) is 5. The fraction of sp³-hybridized carbons (Fsp3) is 0.158. The van der Waals surface area contributed by atoms with Crippen LogP contribution in [0.4, 0.5) is 17.3 Å². The third-order valence-electron chi connectivity index (χ3n) is 3.69. The van der Waals surface area contributed by atoms with Crippen molar-refractivity contribution in [2.45, 2.75) is 13.5 Å². The lowest BCUT2D eigenvalue weighted by Gasteiger charge is -2.10. The van der Waals surface area contributed by atoms with Gasteiger partial charge in [0, 0.05) is 18.3 Å². The summed E-state index contributed by atoms with van der Waals surface area (Å²) in [5.74, 6) is 2.07. The van der Waals surface area contributed by atoms with Gasteiger partial charge in [0.25, 0.3) is 0 Å². The molecule has 3 aromatic rings. The van der Waals surface area contributed by atoms with E-state index in [4.69, 9.17) is 16.3 Å². The van der Waals surface area contributed by atoms with Crippen LogP contribution in [0.5, 0.6) is 5.75 Å². The number of methoxy groups -OCH3 is 1. The van der Waals surface area contributed by atoms with Gasteiger partial charge in [-0.3, -0.25) is 0 Å². The summed E-state index contributed by atoms with van der Waals surface area (Å²) in [6.07, 6.45) is 1.52. The molecular formula is C19H19ClN4O. The molecule has 0 unspecified atom stereocenters. The first kappa shape index (κ1) is 17.0. The van der Waals surface area contributed by atoms with Crippen LogP contribution in [0.2, 0.25) is 5.02 Å². The molecule has 0 aliphatic heterocycles. The molecule has 1 aromatic heterocycles. The lowest BCUT2D eigenvalue weighted by atomic mass is 10.1. The number of nitrogens with one attached hydrogen (secondary N) is 2. The Morgan fingerprint density at radius 1 is 1.00 bits per heavy atom. The Morgan fingerprint density at radius 3 is 2.48 bits per heavy atom. The summed E-state index contributed by atoms with van der Waals surface area (Å²) in [6.45, 7) is 2.77. The van der Waals surface area contributed by atoms with Crippen LogP contribution in [0, 0.1) is 6.92 Å². The number of aromatic nitrogens is 2. The van der Waals surface area contributed by atoms with Crippen molar-refractivity contribution in [3.63, 3.8) is 0 Å². The Kier molecular flexibility index (Phi) is 5.36. The number of nitrogens with zero attached hydrogens (tertiary/aromatic N) is 2. The van der Waals surface area contributed by atoms with Crippen LogP contribution in [0.25, 0.3) is 0 Å². The van der Waals surface area contributed by atoms with Crippen molar-refractivity contribution in [3.05, 3.63) is 71.0 Å². The maximum atomic E-state index is 6.15. The van der Waals surface area contributed by atoms with E-state index in [9.17, 15) is 0 Å². The van der Waals surface area contributed by atoms with Gasteiger partial charge in [-0.05, 0) is 30.7 Å². The molecule has 0 saturated carbocycles. The number of anilines is 3. The fourth-order valence-electron chi connectivity index (χ4n) is 2.31. The lowest BCUT2D eigenvalue weighted by Crippen LogP contribution is -2.03. The number of ether oxygens (including phenoxy) is 1. The van der Waals surface area contributed by atoms with E-state index in [-0.39, 0.29) is 0 Å². The molecule has 2 N–H and O–H groups in total. The lowest BCUT2D eigenvalue weighted by molar-refractivity contribution is 0.415. The average molecular weight is 355 g/mol. The van der Waals surface area contributed by atoms with E-state index in [1.165, 1.54) is 17.5 Å². The van der Waals surface area contributed by atoms with E-state index in [2.05, 4.69) is 51.8 Å². The fourth-order valence-corrected chi connectivity index (χ4v) is 2.57. The van der Waals surface area contributed by atoms with Crippen molar-refractivity contribution in [2.75, 3.05) is 17.7 Å². The molecular weight excluding hydrogens is 336 g/mol. The Balaban J connectivity index is 1.66. The Bertz CT molecular complexity index is 852. The Hall–Kier alpha value is -2.79. The number of halogens is 1. The van der Waals surface area contributed by atoms with Gasteiger partial charge < -0.3 is 15.4 Å². The van der Waals surface area contributed by atoms with Gasteiger partial charge in [-0.25, -0.2) is 9.97 Å². The SMILES string of the molecule is COc1ccc(Nc2cc(NCc3ccc(C)cc3)ncn2)cc1Cl. The third kappa shape index (κ3) is 4.61. The van der Waals surface area contributed by atoms with Crippen LogP contribution in [0.1, 0.15) is 11.1 Å². The van der Waals surface area contributed by atoms with E-state index in [1.54, 1.807) is 13.2 Å². The van der Waals surface area contributed by atoms with Gasteiger partial charge in [-0.15, -0.1) is 0 Å². The molecule has 0 spiro atoms. The molecule has 0 radical (unpaired) electrons. The van der Waals surface area contributed by atoms with Crippen LogP contribution >= 0.6 is 11.6 Å². The van der Waals surface area contributed by atoms with Crippen LogP contribution in [-0.2, 0) is 6.54 Å². The Labute approximate surface area is 152 Å². The molecule has 1 heterocycles. The van der Waals surface area contributed by atoms with E-state index in [0.29, 0.717) is 23.1 Å². The van der Waals surface area contributed by atoms with Crippen molar-refractivity contribution < 1.29 is 4.74 Å². The van der Waals surface area contributed by atoms with Gasteiger partial charge in [0.15, 0.2) is 0 Å². The highest BCUT2D eigenvalue weighted by Crippen LogP contribution is 2.28. The second-order valence-corrected chi connectivity index (χ2v) is 6.01. The maximum absolute atomic E-state index is 6.15. The molecule has 0 fully saturated rings. The van der Waals surface area contributed by atoms with Gasteiger partial charge >= 0.3 is 0 Å². The summed E-state index contributed by atoms with van der Waals surface area (Å²) in [5, 5.41) is 7.05. The van der Waals surface area contributed by atoms with Crippen molar-refractivity contribution in [1.29, 1.82) is 0 Å². The molecule has 25 heavy (non-hydrogen) atoms. The zero-order chi connectivity index (χ0) is 17.6. The molecule has 2 aromatic carbocycles. The van der Waals surface area contributed by atoms with Crippen LogP contribution in [0.15, 0.2) is 54.9 Å². The molecule has 5 nitrogen and oxygen atoms in total. The zero-order valence-corrected chi connectivity index (χ0v) is 14.8. The first-order chi connectivity index (χ1) is 12.1. The molecule has 6 heteroatoms. The molecule has 3 rings (SSSR count). The van der Waals surface area contributed by atoms with Crippen molar-refractivity contribution in [2.24, 2.45) is 0 Å². The van der Waals surface area contributed by atoms with Crippen molar-refractivity contribution >= 4 is 28.9 Å². The second kappa shape index (κ2) is 7.85. The summed E-state index contributed by atoms with van der Waals surface area (Å²) in [6, 6.07) is 15.7. The normalized spacial score (nSPS) is 10.4. The zero-order valence-electron chi connectivity index (χ0n) is 14.1. The van der Waals surface area contributed by atoms with Gasteiger partial charge in [0.1, 0.15) is 23.7 Å². The summed E-state index contributed by atoms with van der Waals surface area (Å²) in [7, 11) is 1.59. The van der Waals surface area contributed by atoms with Crippen molar-refractivity contribution in [3.8, 4) is 5.75 Å². The molecule has 0 aliphatic carbocycles. The summed E-state index contributed by atoms with van der Waals surface area (Å²) >= 11 is 6.15. The Morgan fingerprint density at radius 2 is 1.76 bits per heavy atom. The molecule has 128 valence electrons. The van der Waals surface area contributed by atoms with Gasteiger partial charge in [0.05, 0.1) is 12.1 Å². The molecule has 0 bridgehead atoms. The van der Waals surface area contributed by atoms with E-state index >= 15 is 0 Å². The average Bonchev–Trinajstić information content (AvgIpc) is 2.62. The number of benzene rings is 2. The standard InChI is InChI=1S/C19H19ClN4O/c1-13-3-5-14(6-4-13)11-21-18-10-19(23-12-22-18)24-15-7-8-17(25-2)16(20)9-15/h3-10,12H,11H2,1-2H3,(H2,21,22,23,24). The minimum Gasteiger partial charge on any atom is -0.495 e. The maximum Gasteiger partial charge on any atom is 0.137 e. The first-order valence-corrected chi connectivity index (χ1v) is 8.24. The minimum atomic E-state index is 0.541. The van der Waals surface area contributed by atoms with Gasteiger partial charge in [0.2, 0.25) is 0 Å². The third-order valence-corrected chi connectivity index (χ3v) is 3.98. The smallest absolute Gasteiger partial charge is 0.137 e. The van der Waals surface area contributed by atoms with Crippen LogP contribution in [0.3, 0.4) is 0 Å². The highest BCUT2D eigenvalue weighted by atomic mass is 35.5. The molecule has 0 saturated heterocycles. The monoisotopic (exact) mass is 354 g/mol. The quantitative estimate of drug-likeness (QED) is 0.665. The van der Waals surface area contributed by atoms with Gasteiger partial charge in [-0.1, -0.05) is 41.4 Å².